The van der Waals surface area contributed by atoms with E-state index < -0.39 is 0 Å². The highest BCUT2D eigenvalue weighted by Gasteiger charge is 2.08. The minimum Gasteiger partial charge on any atom is -0.492 e. The molecule has 0 saturated carbocycles. The summed E-state index contributed by atoms with van der Waals surface area (Å²) in [7, 11) is 0. The molecule has 0 bridgehead atoms. The second-order valence-corrected chi connectivity index (χ2v) is 6.73. The van der Waals surface area contributed by atoms with Gasteiger partial charge < -0.3 is 15.4 Å². The summed E-state index contributed by atoms with van der Waals surface area (Å²) in [5, 5.41) is 9.07. The Bertz CT molecular complexity index is 892. The van der Waals surface area contributed by atoms with Crippen LogP contribution in [0.3, 0.4) is 0 Å². The Kier molecular flexibility index (Phi) is 5.86. The molecule has 0 atom stereocenters. The van der Waals surface area contributed by atoms with Crippen molar-refractivity contribution < 1.29 is 9.53 Å². The fourth-order valence-electron chi connectivity index (χ4n) is 2.53. The van der Waals surface area contributed by atoms with Crippen LogP contribution in [0, 0.1) is 6.92 Å². The Morgan fingerprint density at radius 2 is 2.04 bits per heavy atom. The summed E-state index contributed by atoms with van der Waals surface area (Å²) in [6.45, 7) is 4.64. The lowest BCUT2D eigenvalue weighted by Crippen LogP contribution is -2.22. The van der Waals surface area contributed by atoms with Gasteiger partial charge in [0.15, 0.2) is 0 Å². The van der Waals surface area contributed by atoms with Crippen LogP contribution in [-0.4, -0.2) is 24.0 Å². The van der Waals surface area contributed by atoms with Gasteiger partial charge in [0, 0.05) is 16.6 Å². The number of nitrogens with zero attached hydrogens (tertiary/aromatic N) is 1. The molecule has 0 saturated heterocycles. The van der Waals surface area contributed by atoms with Crippen LogP contribution < -0.4 is 15.4 Å². The number of carbonyl (C=O) groups excluding carboxylic acids is 1. The SMILES string of the molecule is CCOc1ccccc1NCC(=O)Nc1cccc(-c2csc(C)n2)c1. The monoisotopic (exact) mass is 367 g/mol. The lowest BCUT2D eigenvalue weighted by atomic mass is 10.1. The number of para-hydroxylation sites is 2. The zero-order valence-corrected chi connectivity index (χ0v) is 15.6. The molecule has 0 radical (unpaired) electrons. The molecule has 0 unspecified atom stereocenters. The number of aryl methyl sites for hydroxylation is 1. The van der Waals surface area contributed by atoms with E-state index in [9.17, 15) is 4.79 Å². The average Bonchev–Trinajstić information content (AvgIpc) is 3.08. The molecule has 6 heteroatoms. The summed E-state index contributed by atoms with van der Waals surface area (Å²) in [6, 6.07) is 15.3. The maximum atomic E-state index is 12.3. The first kappa shape index (κ1) is 17.9. The molecule has 0 aliphatic rings. The topological polar surface area (TPSA) is 63.2 Å². The van der Waals surface area contributed by atoms with Gasteiger partial charge in [0.25, 0.3) is 0 Å². The number of ether oxygens (including phenoxy) is 1. The Morgan fingerprint density at radius 3 is 2.81 bits per heavy atom. The molecule has 3 aromatic rings. The van der Waals surface area contributed by atoms with E-state index in [1.807, 2.05) is 67.8 Å². The lowest BCUT2D eigenvalue weighted by molar-refractivity contribution is -0.114. The molecule has 134 valence electrons. The summed E-state index contributed by atoms with van der Waals surface area (Å²) in [6.07, 6.45) is 0. The first-order valence-corrected chi connectivity index (χ1v) is 9.32. The van der Waals surface area contributed by atoms with Crippen molar-refractivity contribution in [2.45, 2.75) is 13.8 Å². The van der Waals surface area contributed by atoms with Crippen LogP contribution >= 0.6 is 11.3 Å². The van der Waals surface area contributed by atoms with Crippen molar-refractivity contribution in [2.24, 2.45) is 0 Å². The summed E-state index contributed by atoms with van der Waals surface area (Å²) >= 11 is 1.61. The maximum absolute atomic E-state index is 12.3. The van der Waals surface area contributed by atoms with Gasteiger partial charge in [-0.25, -0.2) is 4.98 Å². The highest BCUT2D eigenvalue weighted by molar-refractivity contribution is 7.09. The van der Waals surface area contributed by atoms with Crippen LogP contribution in [0.5, 0.6) is 5.75 Å². The van der Waals surface area contributed by atoms with Gasteiger partial charge in [-0.15, -0.1) is 11.3 Å². The van der Waals surface area contributed by atoms with Gasteiger partial charge in [-0.05, 0) is 38.1 Å². The standard InChI is InChI=1S/C20H21N3O2S/c1-3-25-19-10-5-4-9-17(19)21-12-20(24)23-16-8-6-7-15(11-16)18-13-26-14(2)22-18/h4-11,13,21H,3,12H2,1-2H3,(H,23,24). The van der Waals surface area contributed by atoms with Crippen LogP contribution in [0.15, 0.2) is 53.9 Å². The Morgan fingerprint density at radius 1 is 1.19 bits per heavy atom. The van der Waals surface area contributed by atoms with Crippen LogP contribution in [0.1, 0.15) is 11.9 Å². The van der Waals surface area contributed by atoms with Gasteiger partial charge in [0.1, 0.15) is 5.75 Å². The van der Waals surface area contributed by atoms with E-state index in [1.165, 1.54) is 0 Å². The van der Waals surface area contributed by atoms with Crippen molar-refractivity contribution in [3.63, 3.8) is 0 Å². The Balaban J connectivity index is 1.62. The number of carbonyl (C=O) groups is 1. The molecule has 0 spiro atoms. The third kappa shape index (κ3) is 4.61. The molecule has 2 N–H and O–H groups in total. The minimum absolute atomic E-state index is 0.122. The number of benzene rings is 2. The quantitative estimate of drug-likeness (QED) is 0.642. The number of rotatable bonds is 7. The molecule has 0 fully saturated rings. The highest BCUT2D eigenvalue weighted by atomic mass is 32.1. The van der Waals surface area contributed by atoms with E-state index in [1.54, 1.807) is 11.3 Å². The van der Waals surface area contributed by atoms with E-state index in [-0.39, 0.29) is 12.5 Å². The first-order chi connectivity index (χ1) is 12.7. The molecule has 0 aliphatic carbocycles. The van der Waals surface area contributed by atoms with Gasteiger partial charge >= 0.3 is 0 Å². The highest BCUT2D eigenvalue weighted by Crippen LogP contribution is 2.25. The van der Waals surface area contributed by atoms with Gasteiger partial charge in [-0.2, -0.15) is 0 Å². The Labute approximate surface area is 157 Å². The summed E-state index contributed by atoms with van der Waals surface area (Å²) < 4.78 is 5.55. The first-order valence-electron chi connectivity index (χ1n) is 8.44. The predicted molar refractivity (Wildman–Crippen MR) is 107 cm³/mol. The van der Waals surface area contributed by atoms with Gasteiger partial charge in [-0.3, -0.25) is 4.79 Å². The van der Waals surface area contributed by atoms with Crippen molar-refractivity contribution in [3.05, 3.63) is 58.9 Å². The second-order valence-electron chi connectivity index (χ2n) is 5.66. The third-order valence-electron chi connectivity index (χ3n) is 3.69. The van der Waals surface area contributed by atoms with Crippen LogP contribution in [-0.2, 0) is 4.79 Å². The number of amides is 1. The maximum Gasteiger partial charge on any atom is 0.243 e. The van der Waals surface area contributed by atoms with Crippen molar-refractivity contribution >= 4 is 28.6 Å². The Hall–Kier alpha value is -2.86. The van der Waals surface area contributed by atoms with Crippen molar-refractivity contribution in [1.29, 1.82) is 0 Å². The van der Waals surface area contributed by atoms with Crippen molar-refractivity contribution in [3.8, 4) is 17.0 Å². The molecular formula is C20H21N3O2S. The van der Waals surface area contributed by atoms with Gasteiger partial charge in [-0.1, -0.05) is 24.3 Å². The van der Waals surface area contributed by atoms with Crippen LogP contribution in [0.4, 0.5) is 11.4 Å². The predicted octanol–water partition coefficient (Wildman–Crippen LogP) is 4.57. The van der Waals surface area contributed by atoms with Gasteiger partial charge in [0.2, 0.25) is 5.91 Å². The minimum atomic E-state index is -0.122. The molecule has 1 amide bonds. The molecule has 2 aromatic carbocycles. The third-order valence-corrected chi connectivity index (χ3v) is 4.46. The van der Waals surface area contributed by atoms with Crippen molar-refractivity contribution in [1.82, 2.24) is 4.98 Å². The average molecular weight is 367 g/mol. The fourth-order valence-corrected chi connectivity index (χ4v) is 3.15. The molecule has 26 heavy (non-hydrogen) atoms. The zero-order valence-electron chi connectivity index (χ0n) is 14.8. The lowest BCUT2D eigenvalue weighted by Gasteiger charge is -2.12. The zero-order chi connectivity index (χ0) is 18.4. The van der Waals surface area contributed by atoms with Gasteiger partial charge in [0.05, 0.1) is 29.5 Å². The van der Waals surface area contributed by atoms with E-state index in [0.717, 1.165) is 33.4 Å². The smallest absolute Gasteiger partial charge is 0.243 e. The summed E-state index contributed by atoms with van der Waals surface area (Å²) in [4.78, 5) is 16.8. The van der Waals surface area contributed by atoms with Crippen LogP contribution in [0.25, 0.3) is 11.3 Å². The molecule has 0 aliphatic heterocycles. The number of hydrogen-bond acceptors (Lipinski definition) is 5. The molecule has 1 aromatic heterocycles. The molecule has 5 nitrogen and oxygen atoms in total. The molecule has 1 heterocycles. The number of hydrogen-bond donors (Lipinski definition) is 2. The normalized spacial score (nSPS) is 10.4. The van der Waals surface area contributed by atoms with E-state index in [0.29, 0.717) is 6.61 Å². The number of thiazole rings is 1. The molecular weight excluding hydrogens is 346 g/mol. The largest absolute Gasteiger partial charge is 0.492 e. The second kappa shape index (κ2) is 8.49. The summed E-state index contributed by atoms with van der Waals surface area (Å²) in [5.41, 5.74) is 3.46. The van der Waals surface area contributed by atoms with Crippen LogP contribution in [0.2, 0.25) is 0 Å². The number of nitrogens with one attached hydrogen (secondary N) is 2. The van der Waals surface area contributed by atoms with Crippen molar-refractivity contribution in [2.75, 3.05) is 23.8 Å². The summed E-state index contributed by atoms with van der Waals surface area (Å²) in [5.74, 6) is 0.617. The van der Waals surface area contributed by atoms with E-state index in [4.69, 9.17) is 4.74 Å². The number of anilines is 2. The van der Waals surface area contributed by atoms with E-state index in [2.05, 4.69) is 15.6 Å². The molecule has 3 rings (SSSR count). The van der Waals surface area contributed by atoms with E-state index >= 15 is 0 Å². The number of aromatic nitrogens is 1. The fraction of sp³-hybridized carbons (Fsp3) is 0.200.